The first kappa shape index (κ1) is 8.52. The molecule has 70 valence electrons. The highest BCUT2D eigenvalue weighted by molar-refractivity contribution is 4.84. The molecule has 2 fully saturated rings. The van der Waals surface area contributed by atoms with E-state index in [1.807, 2.05) is 0 Å². The van der Waals surface area contributed by atoms with Crippen molar-refractivity contribution < 1.29 is 4.74 Å². The summed E-state index contributed by atoms with van der Waals surface area (Å²) in [5, 5.41) is 0. The third-order valence-corrected chi connectivity index (χ3v) is 3.46. The summed E-state index contributed by atoms with van der Waals surface area (Å²) in [6, 6.07) is 0.321. The minimum atomic E-state index is 0.321. The highest BCUT2D eigenvalue weighted by atomic mass is 16.5. The van der Waals surface area contributed by atoms with Gasteiger partial charge < -0.3 is 10.5 Å². The summed E-state index contributed by atoms with van der Waals surface area (Å²) < 4.78 is 5.35. The molecule has 2 heteroatoms. The molecule has 2 aliphatic rings. The second kappa shape index (κ2) is 3.75. The van der Waals surface area contributed by atoms with Crippen LogP contribution in [0.15, 0.2) is 0 Å². The van der Waals surface area contributed by atoms with E-state index in [1.54, 1.807) is 0 Å². The van der Waals surface area contributed by atoms with Crippen LogP contribution in [0.4, 0.5) is 0 Å². The molecule has 2 N–H and O–H groups in total. The topological polar surface area (TPSA) is 35.2 Å². The summed E-state index contributed by atoms with van der Waals surface area (Å²) in [4.78, 5) is 0. The first-order valence-electron chi connectivity index (χ1n) is 5.21. The van der Waals surface area contributed by atoms with Crippen molar-refractivity contribution >= 4 is 0 Å². The average Bonchev–Trinajstić information content (AvgIpc) is 2.57. The van der Waals surface area contributed by atoms with Gasteiger partial charge in [0.1, 0.15) is 0 Å². The molecule has 0 bridgehead atoms. The fraction of sp³-hybridized carbons (Fsp3) is 1.00. The molecular weight excluding hydrogens is 150 g/mol. The molecule has 2 rings (SSSR count). The fourth-order valence-corrected chi connectivity index (χ4v) is 2.75. The van der Waals surface area contributed by atoms with Crippen molar-refractivity contribution in [1.29, 1.82) is 0 Å². The number of rotatable bonds is 1. The van der Waals surface area contributed by atoms with Crippen LogP contribution in [0.2, 0.25) is 0 Å². The molecule has 0 aromatic rings. The normalized spacial score (nSPS) is 38.8. The second-order valence-corrected chi connectivity index (χ2v) is 4.24. The lowest BCUT2D eigenvalue weighted by Crippen LogP contribution is -2.42. The van der Waals surface area contributed by atoms with E-state index in [2.05, 4.69) is 0 Å². The lowest BCUT2D eigenvalue weighted by atomic mass is 9.82. The minimum Gasteiger partial charge on any atom is -0.380 e. The summed E-state index contributed by atoms with van der Waals surface area (Å²) in [5.74, 6) is 1.69. The van der Waals surface area contributed by atoms with Crippen molar-refractivity contribution in [2.45, 2.75) is 38.1 Å². The van der Waals surface area contributed by atoms with Crippen LogP contribution in [0.1, 0.15) is 32.1 Å². The molecule has 2 nitrogen and oxygen atoms in total. The first-order chi connectivity index (χ1) is 5.88. The quantitative estimate of drug-likeness (QED) is 0.646. The third-order valence-electron chi connectivity index (χ3n) is 3.46. The lowest BCUT2D eigenvalue weighted by molar-refractivity contribution is 0.0298. The van der Waals surface area contributed by atoms with E-state index in [1.165, 1.54) is 32.1 Å². The zero-order chi connectivity index (χ0) is 8.39. The highest BCUT2D eigenvalue weighted by Gasteiger charge is 2.31. The van der Waals surface area contributed by atoms with Gasteiger partial charge in [0.25, 0.3) is 0 Å². The second-order valence-electron chi connectivity index (χ2n) is 4.24. The summed E-state index contributed by atoms with van der Waals surface area (Å²) in [6.07, 6.45) is 6.88. The van der Waals surface area contributed by atoms with Crippen LogP contribution < -0.4 is 5.73 Å². The Morgan fingerprint density at radius 3 is 2.50 bits per heavy atom. The zero-order valence-electron chi connectivity index (χ0n) is 7.67. The van der Waals surface area contributed by atoms with Crippen molar-refractivity contribution in [1.82, 2.24) is 0 Å². The van der Waals surface area contributed by atoms with E-state index in [4.69, 9.17) is 10.5 Å². The van der Waals surface area contributed by atoms with Crippen LogP contribution in [0, 0.1) is 11.8 Å². The molecule has 1 aliphatic carbocycles. The van der Waals surface area contributed by atoms with E-state index in [9.17, 15) is 0 Å². The standard InChI is InChI=1S/C10H19NO/c11-10-7-12-6-5-9(10)8-3-1-2-4-8/h8-10H,1-7,11H2. The monoisotopic (exact) mass is 169 g/mol. The maximum Gasteiger partial charge on any atom is 0.0620 e. The molecule has 2 atom stereocenters. The van der Waals surface area contributed by atoms with Gasteiger partial charge in [0.05, 0.1) is 6.61 Å². The Balaban J connectivity index is 1.91. The maximum atomic E-state index is 6.03. The summed E-state index contributed by atoms with van der Waals surface area (Å²) in [6.45, 7) is 1.73. The predicted molar refractivity (Wildman–Crippen MR) is 48.9 cm³/mol. The van der Waals surface area contributed by atoms with Crippen molar-refractivity contribution in [3.05, 3.63) is 0 Å². The smallest absolute Gasteiger partial charge is 0.0620 e. The average molecular weight is 169 g/mol. The highest BCUT2D eigenvalue weighted by Crippen LogP contribution is 2.35. The number of nitrogens with two attached hydrogens (primary N) is 1. The predicted octanol–water partition coefficient (Wildman–Crippen LogP) is 1.54. The lowest BCUT2D eigenvalue weighted by Gasteiger charge is -2.33. The van der Waals surface area contributed by atoms with Gasteiger partial charge in [0, 0.05) is 12.6 Å². The van der Waals surface area contributed by atoms with Crippen LogP contribution >= 0.6 is 0 Å². The minimum absolute atomic E-state index is 0.321. The Hall–Kier alpha value is -0.0800. The molecular formula is C10H19NO. The van der Waals surface area contributed by atoms with Gasteiger partial charge in [-0.15, -0.1) is 0 Å². The number of ether oxygens (including phenoxy) is 1. The first-order valence-corrected chi connectivity index (χ1v) is 5.21. The van der Waals surface area contributed by atoms with Gasteiger partial charge in [-0.05, 0) is 18.3 Å². The van der Waals surface area contributed by atoms with Crippen molar-refractivity contribution in [3.8, 4) is 0 Å². The van der Waals surface area contributed by atoms with Crippen molar-refractivity contribution in [2.75, 3.05) is 13.2 Å². The van der Waals surface area contributed by atoms with Gasteiger partial charge in [-0.3, -0.25) is 0 Å². The zero-order valence-corrected chi connectivity index (χ0v) is 7.67. The molecule has 2 unspecified atom stereocenters. The third kappa shape index (κ3) is 1.64. The Morgan fingerprint density at radius 1 is 1.08 bits per heavy atom. The molecule has 12 heavy (non-hydrogen) atoms. The molecule has 0 aromatic heterocycles. The van der Waals surface area contributed by atoms with Crippen LogP contribution in [-0.4, -0.2) is 19.3 Å². The Bertz CT molecular complexity index is 143. The summed E-state index contributed by atoms with van der Waals surface area (Å²) in [5.41, 5.74) is 6.03. The summed E-state index contributed by atoms with van der Waals surface area (Å²) >= 11 is 0. The fourth-order valence-electron chi connectivity index (χ4n) is 2.75. The number of hydrogen-bond acceptors (Lipinski definition) is 2. The molecule has 1 saturated heterocycles. The van der Waals surface area contributed by atoms with Gasteiger partial charge in [-0.25, -0.2) is 0 Å². The Kier molecular flexibility index (Phi) is 2.66. The molecule has 0 aromatic carbocycles. The van der Waals surface area contributed by atoms with Crippen molar-refractivity contribution in [3.63, 3.8) is 0 Å². The largest absolute Gasteiger partial charge is 0.380 e. The van der Waals surface area contributed by atoms with E-state index in [0.717, 1.165) is 25.0 Å². The maximum absolute atomic E-state index is 6.03. The molecule has 0 amide bonds. The Morgan fingerprint density at radius 2 is 1.83 bits per heavy atom. The van der Waals surface area contributed by atoms with Gasteiger partial charge in [-0.1, -0.05) is 25.7 Å². The van der Waals surface area contributed by atoms with E-state index in [-0.39, 0.29) is 0 Å². The molecule has 1 saturated carbocycles. The van der Waals surface area contributed by atoms with Crippen LogP contribution in [0.5, 0.6) is 0 Å². The molecule has 1 aliphatic heterocycles. The van der Waals surface area contributed by atoms with E-state index in [0.29, 0.717) is 6.04 Å². The molecule has 0 radical (unpaired) electrons. The van der Waals surface area contributed by atoms with Crippen molar-refractivity contribution in [2.24, 2.45) is 17.6 Å². The Labute approximate surface area is 74.5 Å². The molecule has 1 heterocycles. The van der Waals surface area contributed by atoms with E-state index >= 15 is 0 Å². The van der Waals surface area contributed by atoms with Gasteiger partial charge in [0.15, 0.2) is 0 Å². The van der Waals surface area contributed by atoms with Crippen LogP contribution in [0.3, 0.4) is 0 Å². The summed E-state index contributed by atoms with van der Waals surface area (Å²) in [7, 11) is 0. The SMILES string of the molecule is NC1COCCC1C1CCCC1. The van der Waals surface area contributed by atoms with Gasteiger partial charge in [0.2, 0.25) is 0 Å². The molecule has 0 spiro atoms. The number of hydrogen-bond donors (Lipinski definition) is 1. The van der Waals surface area contributed by atoms with Gasteiger partial charge >= 0.3 is 0 Å². The van der Waals surface area contributed by atoms with Crippen LogP contribution in [-0.2, 0) is 4.74 Å². The van der Waals surface area contributed by atoms with E-state index < -0.39 is 0 Å². The van der Waals surface area contributed by atoms with Crippen LogP contribution in [0.25, 0.3) is 0 Å². The van der Waals surface area contributed by atoms with Gasteiger partial charge in [-0.2, -0.15) is 0 Å².